The number of carbonyl (C=O) groups excluding carboxylic acids is 1. The van der Waals surface area contributed by atoms with Crippen LogP contribution in [0.2, 0.25) is 18.1 Å². The SMILES string of the molecule is C[C@@H](c1cccc(CO[Si](C)(C)C(C)(C)C)n1)N(CCc1cccc(Br)c1)C(=O)OC(C)(C)C. The monoisotopic (exact) mass is 548 g/mol. The quantitative estimate of drug-likeness (QED) is 0.314. The molecule has 2 rings (SSSR count). The number of pyridine rings is 1. The third-order valence-corrected chi connectivity index (χ3v) is 11.2. The lowest BCUT2D eigenvalue weighted by molar-refractivity contribution is 0.0172. The van der Waals surface area contributed by atoms with E-state index in [1.807, 2.05) is 58.0 Å². The Balaban J connectivity index is 2.23. The smallest absolute Gasteiger partial charge is 0.410 e. The molecule has 7 heteroatoms. The van der Waals surface area contributed by atoms with Crippen LogP contribution in [0.25, 0.3) is 0 Å². The van der Waals surface area contributed by atoms with E-state index in [2.05, 4.69) is 61.9 Å². The van der Waals surface area contributed by atoms with Crippen molar-refractivity contribution in [2.24, 2.45) is 0 Å². The van der Waals surface area contributed by atoms with Gasteiger partial charge in [0, 0.05) is 11.0 Å². The van der Waals surface area contributed by atoms with Gasteiger partial charge in [-0.2, -0.15) is 0 Å². The van der Waals surface area contributed by atoms with Crippen LogP contribution in [0.15, 0.2) is 46.9 Å². The molecule has 2 aromatic rings. The number of halogens is 1. The third kappa shape index (κ3) is 8.50. The van der Waals surface area contributed by atoms with Crippen LogP contribution in [0.1, 0.15) is 71.5 Å². The van der Waals surface area contributed by atoms with Crippen LogP contribution in [0.5, 0.6) is 0 Å². The molecule has 1 aromatic carbocycles. The largest absolute Gasteiger partial charge is 0.444 e. The number of ether oxygens (including phenoxy) is 1. The first-order chi connectivity index (χ1) is 15.6. The number of rotatable bonds is 8. The first-order valence-corrected chi connectivity index (χ1v) is 15.6. The Bertz CT molecular complexity index is 967. The van der Waals surface area contributed by atoms with Crippen molar-refractivity contribution in [1.29, 1.82) is 0 Å². The van der Waals surface area contributed by atoms with E-state index in [1.165, 1.54) is 0 Å². The highest BCUT2D eigenvalue weighted by molar-refractivity contribution is 9.10. The number of hydrogen-bond acceptors (Lipinski definition) is 4. The summed E-state index contributed by atoms with van der Waals surface area (Å²) in [6, 6.07) is 13.9. The van der Waals surface area contributed by atoms with E-state index in [9.17, 15) is 4.79 Å². The van der Waals surface area contributed by atoms with E-state index in [1.54, 1.807) is 4.90 Å². The van der Waals surface area contributed by atoms with Crippen molar-refractivity contribution in [2.75, 3.05) is 6.54 Å². The molecule has 0 spiro atoms. The molecular formula is C27H41BrN2O3Si. The van der Waals surface area contributed by atoms with Gasteiger partial charge >= 0.3 is 6.09 Å². The second kappa shape index (κ2) is 11.4. The molecule has 0 bridgehead atoms. The van der Waals surface area contributed by atoms with Crippen molar-refractivity contribution in [1.82, 2.24) is 9.88 Å². The summed E-state index contributed by atoms with van der Waals surface area (Å²) in [5.74, 6) is 0. The highest BCUT2D eigenvalue weighted by Gasteiger charge is 2.37. The van der Waals surface area contributed by atoms with Gasteiger partial charge in [-0.25, -0.2) is 4.79 Å². The van der Waals surface area contributed by atoms with E-state index in [4.69, 9.17) is 14.1 Å². The summed E-state index contributed by atoms with van der Waals surface area (Å²) >= 11 is 3.53. The minimum Gasteiger partial charge on any atom is -0.444 e. The highest BCUT2D eigenvalue weighted by atomic mass is 79.9. The lowest BCUT2D eigenvalue weighted by Gasteiger charge is -2.36. The van der Waals surface area contributed by atoms with Gasteiger partial charge in [0.05, 0.1) is 24.0 Å². The minimum atomic E-state index is -1.88. The zero-order valence-electron chi connectivity index (χ0n) is 22.2. The average Bonchev–Trinajstić information content (AvgIpc) is 2.70. The van der Waals surface area contributed by atoms with Crippen LogP contribution in [0, 0.1) is 0 Å². The summed E-state index contributed by atoms with van der Waals surface area (Å²) in [6.45, 7) is 19.8. The molecule has 188 valence electrons. The molecule has 1 atom stereocenters. The molecule has 5 nitrogen and oxygen atoms in total. The summed E-state index contributed by atoms with van der Waals surface area (Å²) < 4.78 is 13.1. The van der Waals surface area contributed by atoms with Gasteiger partial charge in [-0.15, -0.1) is 0 Å². The fourth-order valence-corrected chi connectivity index (χ4v) is 4.54. The molecule has 34 heavy (non-hydrogen) atoms. The van der Waals surface area contributed by atoms with Crippen LogP contribution < -0.4 is 0 Å². The zero-order chi connectivity index (χ0) is 25.7. The van der Waals surface area contributed by atoms with Crippen molar-refractivity contribution in [3.05, 3.63) is 63.9 Å². The number of hydrogen-bond donors (Lipinski definition) is 0. The molecular weight excluding hydrogens is 508 g/mol. The van der Waals surface area contributed by atoms with Crippen LogP contribution >= 0.6 is 15.9 Å². The number of benzene rings is 1. The minimum absolute atomic E-state index is 0.137. The third-order valence-electron chi connectivity index (χ3n) is 6.27. The summed E-state index contributed by atoms with van der Waals surface area (Å²) in [6.07, 6.45) is 0.386. The number of nitrogens with zero attached hydrogens (tertiary/aromatic N) is 2. The maximum absolute atomic E-state index is 13.2. The Labute approximate surface area is 215 Å². The molecule has 0 fully saturated rings. The van der Waals surface area contributed by atoms with Crippen molar-refractivity contribution in [3.8, 4) is 0 Å². The summed E-state index contributed by atoms with van der Waals surface area (Å²) in [4.78, 5) is 19.8. The maximum atomic E-state index is 13.2. The molecule has 0 radical (unpaired) electrons. The van der Waals surface area contributed by atoms with Gasteiger partial charge in [0.1, 0.15) is 5.60 Å². The van der Waals surface area contributed by atoms with Crippen LogP contribution in [-0.4, -0.2) is 36.4 Å². The molecule has 1 aromatic heterocycles. The fourth-order valence-electron chi connectivity index (χ4n) is 3.15. The Morgan fingerprint density at radius 1 is 1.09 bits per heavy atom. The van der Waals surface area contributed by atoms with E-state index in [0.717, 1.165) is 27.8 Å². The second-order valence-electron chi connectivity index (χ2n) is 11.3. The number of amides is 1. The van der Waals surface area contributed by atoms with Gasteiger partial charge in [0.2, 0.25) is 0 Å². The standard InChI is InChI=1S/C27H41BrN2O3Si/c1-20(24-15-11-14-23(29-24)19-32-34(8,9)27(5,6)7)30(25(31)33-26(2,3)4)17-16-21-12-10-13-22(28)18-21/h10-15,18,20H,16-17,19H2,1-9H3/t20-/m0/s1. The van der Waals surface area contributed by atoms with E-state index < -0.39 is 13.9 Å². The predicted octanol–water partition coefficient (Wildman–Crippen LogP) is 7.91. The Morgan fingerprint density at radius 3 is 2.32 bits per heavy atom. The van der Waals surface area contributed by atoms with Gasteiger partial charge in [0.15, 0.2) is 8.32 Å². The van der Waals surface area contributed by atoms with Crippen molar-refractivity contribution >= 4 is 30.3 Å². The Kier molecular flexibility index (Phi) is 9.53. The number of aromatic nitrogens is 1. The van der Waals surface area contributed by atoms with Crippen LogP contribution in [0.3, 0.4) is 0 Å². The van der Waals surface area contributed by atoms with Gasteiger partial charge in [-0.1, -0.05) is 54.9 Å². The summed E-state index contributed by atoms with van der Waals surface area (Å²) in [5.41, 5.74) is 2.29. The van der Waals surface area contributed by atoms with Crippen LogP contribution in [-0.2, 0) is 22.2 Å². The van der Waals surface area contributed by atoms with Crippen molar-refractivity contribution in [3.63, 3.8) is 0 Å². The van der Waals surface area contributed by atoms with Gasteiger partial charge in [-0.05, 0) is 82.1 Å². The maximum Gasteiger partial charge on any atom is 0.410 e. The fraction of sp³-hybridized carbons (Fsp3) is 0.556. The molecule has 0 aliphatic carbocycles. The highest BCUT2D eigenvalue weighted by Crippen LogP contribution is 2.37. The predicted molar refractivity (Wildman–Crippen MR) is 145 cm³/mol. The first-order valence-electron chi connectivity index (χ1n) is 11.9. The van der Waals surface area contributed by atoms with Gasteiger partial charge in [0.25, 0.3) is 0 Å². The molecule has 0 aliphatic heterocycles. The molecule has 0 N–H and O–H groups in total. The molecule has 0 unspecified atom stereocenters. The Morgan fingerprint density at radius 2 is 1.74 bits per heavy atom. The molecule has 0 aliphatic rings. The van der Waals surface area contributed by atoms with E-state index >= 15 is 0 Å². The number of carbonyl (C=O) groups is 1. The zero-order valence-corrected chi connectivity index (χ0v) is 24.8. The molecule has 1 amide bonds. The van der Waals surface area contributed by atoms with E-state index in [-0.39, 0.29) is 17.2 Å². The van der Waals surface area contributed by atoms with Crippen molar-refractivity contribution < 1.29 is 14.0 Å². The lowest BCUT2D eigenvalue weighted by Crippen LogP contribution is -2.40. The Hall–Kier alpha value is -1.70. The normalized spacial score (nSPS) is 13.5. The second-order valence-corrected chi connectivity index (χ2v) is 17.1. The van der Waals surface area contributed by atoms with Gasteiger partial charge < -0.3 is 9.16 Å². The molecule has 0 saturated carbocycles. The topological polar surface area (TPSA) is 51.7 Å². The summed E-state index contributed by atoms with van der Waals surface area (Å²) in [7, 11) is -1.88. The molecule has 0 saturated heterocycles. The molecule has 1 heterocycles. The first kappa shape index (κ1) is 28.5. The van der Waals surface area contributed by atoms with E-state index in [0.29, 0.717) is 13.2 Å². The summed E-state index contributed by atoms with van der Waals surface area (Å²) in [5, 5.41) is 0.137. The van der Waals surface area contributed by atoms with Crippen LogP contribution in [0.4, 0.5) is 4.79 Å². The average molecular weight is 550 g/mol. The van der Waals surface area contributed by atoms with Gasteiger partial charge in [-0.3, -0.25) is 9.88 Å². The lowest BCUT2D eigenvalue weighted by atomic mass is 10.1. The van der Waals surface area contributed by atoms with Crippen molar-refractivity contribution in [2.45, 2.75) is 91.3 Å².